The molecule has 1 heterocycles. The van der Waals surface area contributed by atoms with Crippen LogP contribution in [0.5, 0.6) is 0 Å². The molecule has 84 valence electrons. The van der Waals surface area contributed by atoms with E-state index in [1.165, 1.54) is 0 Å². The Hall–Kier alpha value is -0.730. The molecule has 0 aliphatic heterocycles. The summed E-state index contributed by atoms with van der Waals surface area (Å²) in [5, 5.41) is 7.15. The molecule has 1 unspecified atom stereocenters. The molecule has 8 heteroatoms. The van der Waals surface area contributed by atoms with Gasteiger partial charge in [-0.25, -0.2) is 13.1 Å². The van der Waals surface area contributed by atoms with Gasteiger partial charge in [0.05, 0.1) is 0 Å². The molecule has 1 fully saturated rings. The van der Waals surface area contributed by atoms with E-state index in [0.29, 0.717) is 5.92 Å². The van der Waals surface area contributed by atoms with Crippen molar-refractivity contribution in [2.45, 2.75) is 30.1 Å². The maximum absolute atomic E-state index is 11.7. The van der Waals surface area contributed by atoms with Gasteiger partial charge in [-0.1, -0.05) is 11.3 Å². The quantitative estimate of drug-likeness (QED) is 0.793. The van der Waals surface area contributed by atoms with Gasteiger partial charge in [0.25, 0.3) is 10.0 Å². The van der Waals surface area contributed by atoms with Crippen molar-refractivity contribution in [3.63, 3.8) is 0 Å². The van der Waals surface area contributed by atoms with Crippen LogP contribution in [0.25, 0.3) is 0 Å². The predicted molar refractivity (Wildman–Crippen MR) is 56.8 cm³/mol. The van der Waals surface area contributed by atoms with Gasteiger partial charge in [-0.2, -0.15) is 0 Å². The van der Waals surface area contributed by atoms with E-state index in [4.69, 9.17) is 5.73 Å². The summed E-state index contributed by atoms with van der Waals surface area (Å²) in [5.41, 5.74) is 5.33. The van der Waals surface area contributed by atoms with E-state index < -0.39 is 10.0 Å². The zero-order valence-corrected chi connectivity index (χ0v) is 9.81. The average Bonchev–Trinajstić information content (AvgIpc) is 2.88. The molecular formula is C7H12N4O2S2. The summed E-state index contributed by atoms with van der Waals surface area (Å²) >= 11 is 0.874. The lowest BCUT2D eigenvalue weighted by atomic mass is 10.2. The molecule has 1 aliphatic carbocycles. The minimum Gasteiger partial charge on any atom is -0.374 e. The number of nitrogen functional groups attached to an aromatic ring is 1. The first-order valence-electron chi connectivity index (χ1n) is 4.60. The van der Waals surface area contributed by atoms with Crippen LogP contribution in [0.3, 0.4) is 0 Å². The summed E-state index contributed by atoms with van der Waals surface area (Å²) in [6.45, 7) is 1.86. The lowest BCUT2D eigenvalue weighted by molar-refractivity contribution is 0.536. The van der Waals surface area contributed by atoms with Crippen LogP contribution >= 0.6 is 11.3 Å². The monoisotopic (exact) mass is 248 g/mol. The standard InChI is InChI=1S/C7H12N4O2S2/c1-4(5-2-3-5)11-15(12,13)7-10-9-6(8)14-7/h4-5,11H,2-3H2,1H3,(H2,8,9). The van der Waals surface area contributed by atoms with Crippen molar-refractivity contribution >= 4 is 26.5 Å². The Kier molecular flexibility index (Phi) is 2.65. The minimum atomic E-state index is -3.53. The Morgan fingerprint density at radius 1 is 1.53 bits per heavy atom. The number of sulfonamides is 1. The molecule has 1 saturated carbocycles. The second kappa shape index (κ2) is 3.69. The Morgan fingerprint density at radius 2 is 2.20 bits per heavy atom. The lowest BCUT2D eigenvalue weighted by Gasteiger charge is -2.10. The summed E-state index contributed by atoms with van der Waals surface area (Å²) in [5.74, 6) is 0.463. The van der Waals surface area contributed by atoms with Crippen LogP contribution < -0.4 is 10.5 Å². The van der Waals surface area contributed by atoms with Crippen LogP contribution in [0.2, 0.25) is 0 Å². The van der Waals surface area contributed by atoms with Gasteiger partial charge < -0.3 is 5.73 Å². The molecule has 3 N–H and O–H groups in total. The van der Waals surface area contributed by atoms with Gasteiger partial charge in [-0.3, -0.25) is 0 Å². The molecule has 0 aromatic carbocycles. The first-order chi connectivity index (χ1) is 6.99. The van der Waals surface area contributed by atoms with Gasteiger partial charge in [0, 0.05) is 6.04 Å². The topological polar surface area (TPSA) is 98.0 Å². The van der Waals surface area contributed by atoms with Crippen molar-refractivity contribution in [1.82, 2.24) is 14.9 Å². The summed E-state index contributed by atoms with van der Waals surface area (Å²) in [7, 11) is -3.53. The number of aromatic nitrogens is 2. The molecule has 0 amide bonds. The zero-order valence-electron chi connectivity index (χ0n) is 8.17. The van der Waals surface area contributed by atoms with E-state index in [-0.39, 0.29) is 15.5 Å². The third-order valence-corrected chi connectivity index (χ3v) is 5.00. The van der Waals surface area contributed by atoms with E-state index >= 15 is 0 Å². The number of rotatable bonds is 4. The van der Waals surface area contributed by atoms with Gasteiger partial charge in [0.15, 0.2) is 0 Å². The second-order valence-corrected chi connectivity index (χ2v) is 6.55. The molecular weight excluding hydrogens is 236 g/mol. The highest BCUT2D eigenvalue weighted by Gasteiger charge is 2.32. The van der Waals surface area contributed by atoms with Gasteiger partial charge in [0.2, 0.25) is 9.47 Å². The molecule has 2 rings (SSSR count). The average molecular weight is 248 g/mol. The van der Waals surface area contributed by atoms with Crippen molar-refractivity contribution in [2.75, 3.05) is 5.73 Å². The highest BCUT2D eigenvalue weighted by molar-refractivity contribution is 7.91. The van der Waals surface area contributed by atoms with Crippen LogP contribution in [-0.4, -0.2) is 24.7 Å². The molecule has 15 heavy (non-hydrogen) atoms. The second-order valence-electron chi connectivity index (χ2n) is 3.65. The third-order valence-electron chi connectivity index (χ3n) is 2.32. The number of nitrogens with one attached hydrogen (secondary N) is 1. The highest BCUT2D eigenvalue weighted by atomic mass is 32.2. The summed E-state index contributed by atoms with van der Waals surface area (Å²) < 4.78 is 26.0. The number of nitrogens with zero attached hydrogens (tertiary/aromatic N) is 2. The number of nitrogens with two attached hydrogens (primary N) is 1. The van der Waals surface area contributed by atoms with Crippen molar-refractivity contribution in [1.29, 1.82) is 0 Å². The number of hydrogen-bond acceptors (Lipinski definition) is 6. The molecule has 6 nitrogen and oxygen atoms in total. The van der Waals surface area contributed by atoms with Crippen LogP contribution in [0.1, 0.15) is 19.8 Å². The Balaban J connectivity index is 2.12. The Morgan fingerprint density at radius 3 is 2.67 bits per heavy atom. The number of anilines is 1. The van der Waals surface area contributed by atoms with Crippen molar-refractivity contribution < 1.29 is 8.42 Å². The zero-order chi connectivity index (χ0) is 11.1. The maximum Gasteiger partial charge on any atom is 0.270 e. The Labute approximate surface area is 91.9 Å². The van der Waals surface area contributed by atoms with E-state index in [1.807, 2.05) is 6.92 Å². The highest BCUT2D eigenvalue weighted by Crippen LogP contribution is 2.33. The smallest absolute Gasteiger partial charge is 0.270 e. The van der Waals surface area contributed by atoms with Crippen LogP contribution in [-0.2, 0) is 10.0 Å². The van der Waals surface area contributed by atoms with Crippen molar-refractivity contribution in [3.05, 3.63) is 0 Å². The van der Waals surface area contributed by atoms with Gasteiger partial charge in [0.1, 0.15) is 0 Å². The molecule has 1 aromatic rings. The van der Waals surface area contributed by atoms with Gasteiger partial charge >= 0.3 is 0 Å². The minimum absolute atomic E-state index is 0.0416. The van der Waals surface area contributed by atoms with Gasteiger partial charge in [-0.05, 0) is 25.7 Å². The van der Waals surface area contributed by atoms with Crippen LogP contribution in [0.15, 0.2) is 4.34 Å². The normalized spacial score (nSPS) is 19.0. The van der Waals surface area contributed by atoms with Crippen LogP contribution in [0.4, 0.5) is 5.13 Å². The SMILES string of the molecule is CC(NS(=O)(=O)c1nnc(N)s1)C1CC1. The fourth-order valence-electron chi connectivity index (χ4n) is 1.32. The van der Waals surface area contributed by atoms with E-state index in [9.17, 15) is 8.42 Å². The molecule has 0 radical (unpaired) electrons. The maximum atomic E-state index is 11.7. The molecule has 0 spiro atoms. The summed E-state index contributed by atoms with van der Waals surface area (Å²) in [6, 6.07) is -0.0416. The van der Waals surface area contributed by atoms with E-state index in [2.05, 4.69) is 14.9 Å². The van der Waals surface area contributed by atoms with E-state index in [1.54, 1.807) is 0 Å². The molecule has 1 atom stereocenters. The first-order valence-corrected chi connectivity index (χ1v) is 6.90. The Bertz CT molecular complexity index is 451. The van der Waals surface area contributed by atoms with E-state index in [0.717, 1.165) is 24.2 Å². The fourth-order valence-corrected chi connectivity index (χ4v) is 3.43. The molecule has 0 saturated heterocycles. The molecule has 1 aromatic heterocycles. The first kappa shape index (κ1) is 10.8. The summed E-state index contributed by atoms with van der Waals surface area (Å²) in [6.07, 6.45) is 2.17. The van der Waals surface area contributed by atoms with Crippen molar-refractivity contribution in [2.24, 2.45) is 5.92 Å². The third kappa shape index (κ3) is 2.44. The largest absolute Gasteiger partial charge is 0.374 e. The van der Waals surface area contributed by atoms with Gasteiger partial charge in [-0.15, -0.1) is 10.2 Å². The molecule has 0 bridgehead atoms. The fraction of sp³-hybridized carbons (Fsp3) is 0.714. The number of hydrogen-bond donors (Lipinski definition) is 2. The lowest BCUT2D eigenvalue weighted by Crippen LogP contribution is -2.33. The molecule has 1 aliphatic rings. The summed E-state index contributed by atoms with van der Waals surface area (Å²) in [4.78, 5) is 0. The van der Waals surface area contributed by atoms with Crippen molar-refractivity contribution in [3.8, 4) is 0 Å². The van der Waals surface area contributed by atoms with Crippen LogP contribution in [0, 0.1) is 5.92 Å². The predicted octanol–water partition coefficient (Wildman–Crippen LogP) is 0.197.